The molecule has 3 aromatic rings. The second kappa shape index (κ2) is 3.57. The van der Waals surface area contributed by atoms with Crippen molar-refractivity contribution in [2.75, 3.05) is 0 Å². The molecule has 16 heavy (non-hydrogen) atoms. The number of aromatic nitrogens is 2. The van der Waals surface area contributed by atoms with Crippen molar-refractivity contribution in [3.8, 4) is 11.1 Å². The first-order valence-corrected chi connectivity index (χ1v) is 5.77. The molecule has 0 fully saturated rings. The summed E-state index contributed by atoms with van der Waals surface area (Å²) in [5.41, 5.74) is 3.58. The molecule has 0 aliphatic rings. The minimum absolute atomic E-state index is 0.652. The van der Waals surface area contributed by atoms with Gasteiger partial charge in [0.2, 0.25) is 0 Å². The van der Waals surface area contributed by atoms with Crippen LogP contribution >= 0.6 is 11.3 Å². The number of aldehydes is 1. The van der Waals surface area contributed by atoms with Gasteiger partial charge in [-0.15, -0.1) is 0 Å². The zero-order valence-electron chi connectivity index (χ0n) is 8.31. The molecule has 78 valence electrons. The summed E-state index contributed by atoms with van der Waals surface area (Å²) in [5.74, 6) is 0. The number of nitrogens with zero attached hydrogens (tertiary/aromatic N) is 1. The van der Waals surface area contributed by atoms with Crippen LogP contribution in [0.5, 0.6) is 0 Å². The number of aromatic amines is 1. The van der Waals surface area contributed by atoms with Crippen molar-refractivity contribution >= 4 is 28.7 Å². The van der Waals surface area contributed by atoms with Crippen molar-refractivity contribution < 1.29 is 4.79 Å². The van der Waals surface area contributed by atoms with E-state index in [0.717, 1.165) is 28.4 Å². The van der Waals surface area contributed by atoms with Gasteiger partial charge in [-0.25, -0.2) is 4.98 Å². The number of rotatable bonds is 2. The second-order valence-corrected chi connectivity index (χ2v) is 4.27. The molecule has 3 rings (SSSR count). The van der Waals surface area contributed by atoms with Gasteiger partial charge < -0.3 is 4.98 Å². The molecule has 0 aliphatic heterocycles. The van der Waals surface area contributed by atoms with E-state index in [1.54, 1.807) is 17.5 Å². The van der Waals surface area contributed by atoms with Gasteiger partial charge in [-0.3, -0.25) is 4.79 Å². The molecule has 4 heteroatoms. The van der Waals surface area contributed by atoms with Crippen LogP contribution in [0.1, 0.15) is 10.4 Å². The Morgan fingerprint density at radius 2 is 2.31 bits per heavy atom. The van der Waals surface area contributed by atoms with E-state index in [1.807, 2.05) is 23.7 Å². The average Bonchev–Trinajstić information content (AvgIpc) is 2.97. The summed E-state index contributed by atoms with van der Waals surface area (Å²) in [6.45, 7) is 0. The fourth-order valence-corrected chi connectivity index (χ4v) is 2.37. The van der Waals surface area contributed by atoms with Crippen LogP contribution in [-0.4, -0.2) is 16.3 Å². The van der Waals surface area contributed by atoms with Gasteiger partial charge in [-0.1, -0.05) is 0 Å². The van der Waals surface area contributed by atoms with Crippen molar-refractivity contribution in [1.82, 2.24) is 9.97 Å². The molecule has 0 aliphatic carbocycles. The minimum Gasteiger partial charge on any atom is -0.345 e. The predicted octanol–water partition coefficient (Wildman–Crippen LogP) is 3.10. The van der Waals surface area contributed by atoms with Gasteiger partial charge in [0.05, 0.1) is 0 Å². The number of pyridine rings is 1. The van der Waals surface area contributed by atoms with Crippen LogP contribution in [0, 0.1) is 0 Å². The lowest BCUT2D eigenvalue weighted by Crippen LogP contribution is -1.81. The number of nitrogens with one attached hydrogen (secondary N) is 1. The van der Waals surface area contributed by atoms with Crippen LogP contribution in [0.2, 0.25) is 0 Å². The first-order valence-electron chi connectivity index (χ1n) is 4.83. The summed E-state index contributed by atoms with van der Waals surface area (Å²) in [6, 6.07) is 4.03. The van der Waals surface area contributed by atoms with E-state index in [4.69, 9.17) is 0 Å². The minimum atomic E-state index is 0.652. The van der Waals surface area contributed by atoms with Crippen LogP contribution in [0.4, 0.5) is 0 Å². The zero-order valence-corrected chi connectivity index (χ0v) is 9.12. The molecule has 3 aromatic heterocycles. The van der Waals surface area contributed by atoms with Crippen LogP contribution in [-0.2, 0) is 0 Å². The van der Waals surface area contributed by atoms with Gasteiger partial charge in [0.25, 0.3) is 0 Å². The normalized spacial score (nSPS) is 10.8. The van der Waals surface area contributed by atoms with E-state index >= 15 is 0 Å². The highest BCUT2D eigenvalue weighted by molar-refractivity contribution is 7.08. The largest absolute Gasteiger partial charge is 0.345 e. The van der Waals surface area contributed by atoms with Gasteiger partial charge in [0.1, 0.15) is 5.65 Å². The third-order valence-corrected chi connectivity index (χ3v) is 3.23. The maximum absolute atomic E-state index is 10.8. The molecular weight excluding hydrogens is 220 g/mol. The van der Waals surface area contributed by atoms with Gasteiger partial charge in [0, 0.05) is 28.9 Å². The molecule has 1 N–H and O–H groups in total. The van der Waals surface area contributed by atoms with E-state index in [0.29, 0.717) is 5.56 Å². The summed E-state index contributed by atoms with van der Waals surface area (Å²) in [6.07, 6.45) is 4.34. The standard InChI is InChI=1S/C12H8N2OS/c15-6-10-5-14-12-11(10)3-9(4-13-12)8-1-2-16-7-8/h1-7H,(H,13,14). The third-order valence-electron chi connectivity index (χ3n) is 2.54. The molecule has 0 saturated heterocycles. The van der Waals surface area contributed by atoms with Crippen molar-refractivity contribution in [2.45, 2.75) is 0 Å². The first kappa shape index (κ1) is 9.30. The van der Waals surface area contributed by atoms with Gasteiger partial charge in [-0.05, 0) is 28.5 Å². The van der Waals surface area contributed by atoms with Crippen LogP contribution in [0.25, 0.3) is 22.2 Å². The summed E-state index contributed by atoms with van der Waals surface area (Å²) < 4.78 is 0. The fourth-order valence-electron chi connectivity index (χ4n) is 1.71. The van der Waals surface area contributed by atoms with Crippen molar-refractivity contribution in [3.63, 3.8) is 0 Å². The van der Waals surface area contributed by atoms with Crippen LogP contribution < -0.4 is 0 Å². The maximum Gasteiger partial charge on any atom is 0.152 e. The quantitative estimate of drug-likeness (QED) is 0.685. The molecule has 0 bridgehead atoms. The summed E-state index contributed by atoms with van der Waals surface area (Å²) in [5, 5.41) is 4.96. The van der Waals surface area contributed by atoms with Crippen molar-refractivity contribution in [2.24, 2.45) is 0 Å². The van der Waals surface area contributed by atoms with Gasteiger partial charge in [0.15, 0.2) is 6.29 Å². The highest BCUT2D eigenvalue weighted by Crippen LogP contribution is 2.25. The summed E-state index contributed by atoms with van der Waals surface area (Å²) in [7, 11) is 0. The summed E-state index contributed by atoms with van der Waals surface area (Å²) >= 11 is 1.65. The Hall–Kier alpha value is -1.94. The van der Waals surface area contributed by atoms with E-state index in [2.05, 4.69) is 15.3 Å². The molecule has 0 atom stereocenters. The molecule has 3 nitrogen and oxygen atoms in total. The van der Waals surface area contributed by atoms with Crippen molar-refractivity contribution in [1.29, 1.82) is 0 Å². The zero-order chi connectivity index (χ0) is 11.0. The highest BCUT2D eigenvalue weighted by atomic mass is 32.1. The van der Waals surface area contributed by atoms with E-state index in [9.17, 15) is 4.79 Å². The maximum atomic E-state index is 10.8. The topological polar surface area (TPSA) is 45.8 Å². The van der Waals surface area contributed by atoms with Crippen LogP contribution in [0.15, 0.2) is 35.3 Å². The molecular formula is C12H8N2OS. The van der Waals surface area contributed by atoms with Gasteiger partial charge >= 0.3 is 0 Å². The number of carbonyl (C=O) groups excluding carboxylic acids is 1. The Balaban J connectivity index is 2.25. The number of hydrogen-bond acceptors (Lipinski definition) is 3. The number of fused-ring (bicyclic) bond motifs is 1. The van der Waals surface area contributed by atoms with Crippen molar-refractivity contribution in [3.05, 3.63) is 40.8 Å². The number of hydrogen-bond donors (Lipinski definition) is 1. The fraction of sp³-hybridized carbons (Fsp3) is 0. The number of carbonyl (C=O) groups is 1. The SMILES string of the molecule is O=Cc1c[nH]c2ncc(-c3ccsc3)cc12. The lowest BCUT2D eigenvalue weighted by atomic mass is 10.1. The van der Waals surface area contributed by atoms with Crippen LogP contribution in [0.3, 0.4) is 0 Å². The molecule has 3 heterocycles. The smallest absolute Gasteiger partial charge is 0.152 e. The first-order chi connectivity index (χ1) is 7.88. The molecule has 0 saturated carbocycles. The molecule has 0 aromatic carbocycles. The van der Waals surface area contributed by atoms with E-state index in [-0.39, 0.29) is 0 Å². The Morgan fingerprint density at radius 1 is 1.38 bits per heavy atom. The van der Waals surface area contributed by atoms with Gasteiger partial charge in [-0.2, -0.15) is 11.3 Å². The highest BCUT2D eigenvalue weighted by Gasteiger charge is 2.06. The number of thiophene rings is 1. The molecule has 0 amide bonds. The van der Waals surface area contributed by atoms with E-state index in [1.165, 1.54) is 0 Å². The Labute approximate surface area is 95.8 Å². The second-order valence-electron chi connectivity index (χ2n) is 3.49. The lowest BCUT2D eigenvalue weighted by molar-refractivity contribution is 0.112. The Morgan fingerprint density at radius 3 is 3.06 bits per heavy atom. The monoisotopic (exact) mass is 228 g/mol. The van der Waals surface area contributed by atoms with E-state index < -0.39 is 0 Å². The Bertz CT molecular complexity index is 640. The number of H-pyrrole nitrogens is 1. The molecule has 0 radical (unpaired) electrons. The summed E-state index contributed by atoms with van der Waals surface area (Å²) in [4.78, 5) is 18.1. The molecule has 0 unspecified atom stereocenters. The predicted molar refractivity (Wildman–Crippen MR) is 64.8 cm³/mol. The lowest BCUT2D eigenvalue weighted by Gasteiger charge is -1.97. The Kier molecular flexibility index (Phi) is 2.08. The average molecular weight is 228 g/mol. The third kappa shape index (κ3) is 1.35. The molecule has 0 spiro atoms.